The van der Waals surface area contributed by atoms with Gasteiger partial charge in [-0.15, -0.1) is 0 Å². The SMILES string of the molecule is CC1=CC(O)CC(C)(C)C1/C=C/C(C)=C/C=C/C(C)=C/C=C/C=C(C)/C=C/C=C(\C)C1=CC2C(C)(C)CC(O)CC2(C)O1. The van der Waals surface area contributed by atoms with Crippen LogP contribution >= 0.6 is 0 Å². The minimum absolute atomic E-state index is 0.0151. The lowest BCUT2D eigenvalue weighted by atomic mass is 9.61. The molecule has 0 aromatic rings. The molecule has 2 N–H and O–H groups in total. The average molecular weight is 585 g/mol. The van der Waals surface area contributed by atoms with Crippen molar-refractivity contribution < 1.29 is 14.9 Å². The average Bonchev–Trinajstić information content (AvgIpc) is 3.23. The molecule has 0 aromatic carbocycles. The highest BCUT2D eigenvalue weighted by Crippen LogP contribution is 2.53. The molecule has 1 fully saturated rings. The van der Waals surface area contributed by atoms with Gasteiger partial charge in [0.15, 0.2) is 0 Å². The minimum Gasteiger partial charge on any atom is -0.487 e. The van der Waals surface area contributed by atoms with Crippen molar-refractivity contribution in [1.29, 1.82) is 0 Å². The van der Waals surface area contributed by atoms with E-state index in [1.165, 1.54) is 22.3 Å². The number of allylic oxidation sites excluding steroid dienone is 17. The highest BCUT2D eigenvalue weighted by atomic mass is 16.5. The number of fused-ring (bicyclic) bond motifs is 1. The summed E-state index contributed by atoms with van der Waals surface area (Å²) < 4.78 is 6.42. The van der Waals surface area contributed by atoms with E-state index in [9.17, 15) is 10.2 Å². The van der Waals surface area contributed by atoms with Crippen LogP contribution in [0.2, 0.25) is 0 Å². The highest BCUT2D eigenvalue weighted by Gasteiger charge is 2.53. The molecule has 2 aliphatic carbocycles. The zero-order valence-corrected chi connectivity index (χ0v) is 28.3. The molecule has 0 amide bonds. The standard InChI is InChI=1S/C40H56O3/c1-28(17-13-18-30(3)21-22-35-32(5)23-33(41)25-38(35,6)7)15-11-12-16-29(2)19-14-20-31(4)36-24-37-39(8,9)26-34(42)27-40(37,10)43-36/h11-24,33-35,37,41-42H,25-27H2,1-10H3/b12-11+,17-13+,19-14+,22-21+,28-15+,29-16+,30-18+,31-20+. The Morgan fingerprint density at radius 1 is 0.721 bits per heavy atom. The lowest BCUT2D eigenvalue weighted by Crippen LogP contribution is -2.49. The monoisotopic (exact) mass is 584 g/mol. The molecule has 0 spiro atoms. The van der Waals surface area contributed by atoms with Crippen molar-refractivity contribution in [3.05, 3.63) is 119 Å². The first-order chi connectivity index (χ1) is 20.0. The molecule has 3 nitrogen and oxygen atoms in total. The molecular formula is C40H56O3. The summed E-state index contributed by atoms with van der Waals surface area (Å²) >= 11 is 0. The smallest absolute Gasteiger partial charge is 0.119 e. The van der Waals surface area contributed by atoms with Crippen molar-refractivity contribution in [3.63, 3.8) is 0 Å². The predicted molar refractivity (Wildman–Crippen MR) is 183 cm³/mol. The van der Waals surface area contributed by atoms with E-state index < -0.39 is 0 Å². The van der Waals surface area contributed by atoms with E-state index in [0.29, 0.717) is 18.3 Å². The van der Waals surface area contributed by atoms with Gasteiger partial charge < -0.3 is 14.9 Å². The van der Waals surface area contributed by atoms with Gasteiger partial charge in [0.05, 0.1) is 12.2 Å². The lowest BCUT2D eigenvalue weighted by molar-refractivity contribution is -0.104. The number of hydrogen-bond donors (Lipinski definition) is 2. The number of aliphatic hydroxyl groups excluding tert-OH is 2. The molecule has 3 rings (SSSR count). The summed E-state index contributed by atoms with van der Waals surface area (Å²) in [6, 6.07) is 0. The van der Waals surface area contributed by atoms with Crippen molar-refractivity contribution in [2.75, 3.05) is 0 Å². The second kappa shape index (κ2) is 14.3. The summed E-state index contributed by atoms with van der Waals surface area (Å²) in [6.45, 7) is 21.6. The third-order valence-corrected chi connectivity index (χ3v) is 9.28. The summed E-state index contributed by atoms with van der Waals surface area (Å²) in [5.41, 5.74) is 5.64. The summed E-state index contributed by atoms with van der Waals surface area (Å²) in [4.78, 5) is 0. The Morgan fingerprint density at radius 3 is 1.88 bits per heavy atom. The van der Waals surface area contributed by atoms with Gasteiger partial charge in [0.25, 0.3) is 0 Å². The van der Waals surface area contributed by atoms with Crippen LogP contribution < -0.4 is 0 Å². The zero-order valence-electron chi connectivity index (χ0n) is 28.3. The molecule has 0 radical (unpaired) electrons. The molecule has 1 saturated carbocycles. The summed E-state index contributed by atoms with van der Waals surface area (Å²) in [5, 5.41) is 20.5. The first-order valence-electron chi connectivity index (χ1n) is 15.9. The first-order valence-corrected chi connectivity index (χ1v) is 15.9. The van der Waals surface area contributed by atoms with E-state index in [0.717, 1.165) is 24.2 Å². The molecule has 0 aromatic heterocycles. The summed E-state index contributed by atoms with van der Waals surface area (Å²) in [6.07, 6.45) is 31.4. The first kappa shape index (κ1) is 34.6. The van der Waals surface area contributed by atoms with Gasteiger partial charge in [-0.05, 0) is 76.9 Å². The Morgan fingerprint density at radius 2 is 1.28 bits per heavy atom. The Bertz CT molecular complexity index is 1320. The van der Waals surface area contributed by atoms with Gasteiger partial charge in [0.1, 0.15) is 11.4 Å². The van der Waals surface area contributed by atoms with E-state index in [1.54, 1.807) is 0 Å². The van der Waals surface area contributed by atoms with Crippen LogP contribution in [0.5, 0.6) is 0 Å². The van der Waals surface area contributed by atoms with Crippen LogP contribution in [0.15, 0.2) is 119 Å². The molecule has 0 saturated heterocycles. The molecule has 5 atom stereocenters. The van der Waals surface area contributed by atoms with Crippen LogP contribution in [-0.2, 0) is 4.74 Å². The maximum absolute atomic E-state index is 10.4. The molecule has 0 bridgehead atoms. The second-order valence-corrected chi connectivity index (χ2v) is 14.7. The second-order valence-electron chi connectivity index (χ2n) is 14.7. The van der Waals surface area contributed by atoms with E-state index in [1.807, 2.05) is 6.08 Å². The van der Waals surface area contributed by atoms with Crippen molar-refractivity contribution in [1.82, 2.24) is 0 Å². The van der Waals surface area contributed by atoms with Gasteiger partial charge in [-0.3, -0.25) is 0 Å². The largest absolute Gasteiger partial charge is 0.487 e. The minimum atomic E-state index is -0.335. The lowest BCUT2D eigenvalue weighted by Gasteiger charge is -2.47. The van der Waals surface area contributed by atoms with Gasteiger partial charge in [-0.25, -0.2) is 0 Å². The zero-order chi connectivity index (χ0) is 32.0. The van der Waals surface area contributed by atoms with Crippen LogP contribution in [0.3, 0.4) is 0 Å². The molecule has 1 aliphatic heterocycles. The van der Waals surface area contributed by atoms with Crippen LogP contribution in [0.1, 0.15) is 88.5 Å². The molecule has 234 valence electrons. The van der Waals surface area contributed by atoms with E-state index in [-0.39, 0.29) is 28.6 Å². The molecule has 3 heteroatoms. The van der Waals surface area contributed by atoms with Gasteiger partial charge in [-0.1, -0.05) is 129 Å². The quantitative estimate of drug-likeness (QED) is 0.209. The molecule has 5 unspecified atom stereocenters. The Labute approximate surface area is 262 Å². The van der Waals surface area contributed by atoms with Crippen molar-refractivity contribution in [2.45, 2.75) is 106 Å². The highest BCUT2D eigenvalue weighted by molar-refractivity contribution is 5.36. The van der Waals surface area contributed by atoms with Gasteiger partial charge in [-0.2, -0.15) is 0 Å². The summed E-state index contributed by atoms with van der Waals surface area (Å²) in [5.74, 6) is 1.59. The number of aliphatic hydroxyl groups is 2. The van der Waals surface area contributed by atoms with Crippen molar-refractivity contribution in [2.24, 2.45) is 22.7 Å². The van der Waals surface area contributed by atoms with Gasteiger partial charge >= 0.3 is 0 Å². The van der Waals surface area contributed by atoms with Gasteiger partial charge in [0.2, 0.25) is 0 Å². The van der Waals surface area contributed by atoms with E-state index >= 15 is 0 Å². The number of hydrogen-bond acceptors (Lipinski definition) is 3. The normalized spacial score (nSPS) is 32.1. The topological polar surface area (TPSA) is 49.7 Å². The van der Waals surface area contributed by atoms with Crippen LogP contribution in [0, 0.1) is 22.7 Å². The third kappa shape index (κ3) is 9.55. The maximum atomic E-state index is 10.4. The Hall–Kier alpha value is -2.88. The molecule has 3 aliphatic rings. The fourth-order valence-corrected chi connectivity index (χ4v) is 7.15. The van der Waals surface area contributed by atoms with Crippen LogP contribution in [-0.4, -0.2) is 28.0 Å². The third-order valence-electron chi connectivity index (χ3n) is 9.28. The number of ether oxygens (including phenoxy) is 1. The van der Waals surface area contributed by atoms with Gasteiger partial charge in [0, 0.05) is 18.3 Å². The van der Waals surface area contributed by atoms with Crippen LogP contribution in [0.25, 0.3) is 0 Å². The number of rotatable bonds is 9. The predicted octanol–water partition coefficient (Wildman–Crippen LogP) is 9.82. The Kier molecular flexibility index (Phi) is 11.5. The van der Waals surface area contributed by atoms with Crippen molar-refractivity contribution >= 4 is 0 Å². The molecule has 43 heavy (non-hydrogen) atoms. The molecule has 1 heterocycles. The Balaban J connectivity index is 1.52. The summed E-state index contributed by atoms with van der Waals surface area (Å²) in [7, 11) is 0. The van der Waals surface area contributed by atoms with E-state index in [2.05, 4.69) is 148 Å². The van der Waals surface area contributed by atoms with Crippen molar-refractivity contribution in [3.8, 4) is 0 Å². The maximum Gasteiger partial charge on any atom is 0.119 e. The molecular weight excluding hydrogens is 528 g/mol. The van der Waals surface area contributed by atoms with Crippen LogP contribution in [0.4, 0.5) is 0 Å². The fraction of sp³-hybridized carbons (Fsp3) is 0.500. The fourth-order valence-electron chi connectivity index (χ4n) is 7.15. The van der Waals surface area contributed by atoms with E-state index in [4.69, 9.17) is 4.74 Å².